The van der Waals surface area contributed by atoms with Gasteiger partial charge in [-0.3, -0.25) is 4.79 Å². The van der Waals surface area contributed by atoms with Crippen LogP contribution in [0.2, 0.25) is 5.02 Å². The number of benzene rings is 2. The van der Waals surface area contributed by atoms with E-state index in [0.29, 0.717) is 10.8 Å². The molecule has 3 rings (SSSR count). The number of halogens is 2. The van der Waals surface area contributed by atoms with Crippen LogP contribution in [0.3, 0.4) is 0 Å². The van der Waals surface area contributed by atoms with E-state index in [4.69, 9.17) is 16.1 Å². The molecule has 134 valence electrons. The quantitative estimate of drug-likeness (QED) is 0.706. The van der Waals surface area contributed by atoms with Crippen molar-refractivity contribution in [2.45, 2.75) is 19.9 Å². The maximum atomic E-state index is 13.3. The van der Waals surface area contributed by atoms with Crippen LogP contribution in [0.15, 0.2) is 53.1 Å². The minimum atomic E-state index is -0.501. The summed E-state index contributed by atoms with van der Waals surface area (Å²) in [4.78, 5) is 16.8. The topological polar surface area (TPSA) is 68.0 Å². The Labute approximate surface area is 155 Å². The standard InChI is InChI=1S/C19H17ClFN3O2/c1-11(2)16(22-18(25)13-4-3-5-15(21)10-13)19-23-17(24-26-19)12-6-8-14(20)9-7-12/h3-11,16H,1-2H3,(H,22,25)/t16-/m0/s1. The smallest absolute Gasteiger partial charge is 0.252 e. The number of hydrogen-bond donors (Lipinski definition) is 1. The van der Waals surface area contributed by atoms with Gasteiger partial charge in [0, 0.05) is 16.1 Å². The van der Waals surface area contributed by atoms with E-state index >= 15 is 0 Å². The Balaban J connectivity index is 1.82. The molecule has 1 atom stereocenters. The molecule has 0 radical (unpaired) electrons. The first kappa shape index (κ1) is 18.1. The molecule has 7 heteroatoms. The first-order valence-corrected chi connectivity index (χ1v) is 8.48. The molecular weight excluding hydrogens is 357 g/mol. The molecule has 0 saturated carbocycles. The van der Waals surface area contributed by atoms with Crippen molar-refractivity contribution in [3.63, 3.8) is 0 Å². The second-order valence-electron chi connectivity index (χ2n) is 6.17. The monoisotopic (exact) mass is 373 g/mol. The van der Waals surface area contributed by atoms with Gasteiger partial charge >= 0.3 is 0 Å². The van der Waals surface area contributed by atoms with Gasteiger partial charge in [-0.25, -0.2) is 4.39 Å². The van der Waals surface area contributed by atoms with Crippen LogP contribution in [0.1, 0.15) is 36.1 Å². The van der Waals surface area contributed by atoms with E-state index in [2.05, 4.69) is 15.5 Å². The molecule has 0 bridgehead atoms. The zero-order valence-corrected chi connectivity index (χ0v) is 15.0. The zero-order valence-electron chi connectivity index (χ0n) is 14.2. The summed E-state index contributed by atoms with van der Waals surface area (Å²) >= 11 is 5.88. The lowest BCUT2D eigenvalue weighted by atomic mass is 10.0. The maximum Gasteiger partial charge on any atom is 0.252 e. The molecule has 0 aliphatic heterocycles. The summed E-state index contributed by atoms with van der Waals surface area (Å²) in [6.07, 6.45) is 0. The molecular formula is C19H17ClFN3O2. The normalized spacial score (nSPS) is 12.2. The average molecular weight is 374 g/mol. The van der Waals surface area contributed by atoms with Gasteiger partial charge in [0.2, 0.25) is 11.7 Å². The highest BCUT2D eigenvalue weighted by Crippen LogP contribution is 2.25. The highest BCUT2D eigenvalue weighted by atomic mass is 35.5. The first-order chi connectivity index (χ1) is 12.4. The van der Waals surface area contributed by atoms with Gasteiger partial charge in [-0.2, -0.15) is 4.98 Å². The van der Waals surface area contributed by atoms with Crippen LogP contribution in [0, 0.1) is 11.7 Å². The number of amides is 1. The molecule has 3 aromatic rings. The van der Waals surface area contributed by atoms with Crippen molar-refractivity contribution >= 4 is 17.5 Å². The van der Waals surface area contributed by atoms with Crippen molar-refractivity contribution in [1.82, 2.24) is 15.5 Å². The van der Waals surface area contributed by atoms with E-state index in [1.54, 1.807) is 30.3 Å². The lowest BCUT2D eigenvalue weighted by Gasteiger charge is -2.18. The molecule has 1 aromatic heterocycles. The molecule has 2 aromatic carbocycles. The molecule has 1 amide bonds. The highest BCUT2D eigenvalue weighted by molar-refractivity contribution is 6.30. The van der Waals surface area contributed by atoms with E-state index in [1.807, 2.05) is 13.8 Å². The van der Waals surface area contributed by atoms with Crippen LogP contribution in [0.5, 0.6) is 0 Å². The Morgan fingerprint density at radius 2 is 1.92 bits per heavy atom. The average Bonchev–Trinajstić information content (AvgIpc) is 3.09. The van der Waals surface area contributed by atoms with Gasteiger partial charge in [-0.05, 0) is 48.4 Å². The number of nitrogens with one attached hydrogen (secondary N) is 1. The molecule has 0 unspecified atom stereocenters. The van der Waals surface area contributed by atoms with Crippen molar-refractivity contribution in [2.75, 3.05) is 0 Å². The number of hydrogen-bond acceptors (Lipinski definition) is 4. The second-order valence-corrected chi connectivity index (χ2v) is 6.61. The summed E-state index contributed by atoms with van der Waals surface area (Å²) in [5, 5.41) is 7.41. The summed E-state index contributed by atoms with van der Waals surface area (Å²) in [6.45, 7) is 3.84. The van der Waals surface area contributed by atoms with Gasteiger partial charge in [0.25, 0.3) is 5.91 Å². The first-order valence-electron chi connectivity index (χ1n) is 8.10. The van der Waals surface area contributed by atoms with E-state index in [-0.39, 0.29) is 17.4 Å². The summed E-state index contributed by atoms with van der Waals surface area (Å²) in [6, 6.07) is 12.0. The third-order valence-electron chi connectivity index (χ3n) is 3.85. The van der Waals surface area contributed by atoms with Gasteiger partial charge in [0.15, 0.2) is 0 Å². The summed E-state index contributed by atoms with van der Waals surface area (Å²) in [5.74, 6) is -0.195. The molecule has 0 aliphatic carbocycles. The van der Waals surface area contributed by atoms with Crippen LogP contribution in [0.25, 0.3) is 11.4 Å². The largest absolute Gasteiger partial charge is 0.340 e. The van der Waals surface area contributed by atoms with Crippen LogP contribution in [0.4, 0.5) is 4.39 Å². The molecule has 1 heterocycles. The van der Waals surface area contributed by atoms with Crippen molar-refractivity contribution in [3.05, 3.63) is 70.8 Å². The van der Waals surface area contributed by atoms with Gasteiger partial charge < -0.3 is 9.84 Å². The Kier molecular flexibility index (Phi) is 5.32. The number of carbonyl (C=O) groups excluding carboxylic acids is 1. The van der Waals surface area contributed by atoms with Gasteiger partial charge in [-0.1, -0.05) is 36.7 Å². The van der Waals surface area contributed by atoms with E-state index in [0.717, 1.165) is 5.56 Å². The molecule has 26 heavy (non-hydrogen) atoms. The lowest BCUT2D eigenvalue weighted by molar-refractivity contribution is 0.0913. The zero-order chi connectivity index (χ0) is 18.7. The molecule has 0 spiro atoms. The SMILES string of the molecule is CC(C)[C@H](NC(=O)c1cccc(F)c1)c1nc(-c2ccc(Cl)cc2)no1. The van der Waals surface area contributed by atoms with Gasteiger partial charge in [-0.15, -0.1) is 0 Å². The van der Waals surface area contributed by atoms with Crippen LogP contribution in [-0.2, 0) is 0 Å². The van der Waals surface area contributed by atoms with Crippen LogP contribution < -0.4 is 5.32 Å². The second kappa shape index (κ2) is 7.66. The third-order valence-corrected chi connectivity index (χ3v) is 4.10. The van der Waals surface area contributed by atoms with Crippen LogP contribution >= 0.6 is 11.6 Å². The van der Waals surface area contributed by atoms with Crippen molar-refractivity contribution in [1.29, 1.82) is 0 Å². The van der Waals surface area contributed by atoms with Crippen LogP contribution in [-0.4, -0.2) is 16.0 Å². The summed E-state index contributed by atoms with van der Waals surface area (Å²) < 4.78 is 18.7. The summed E-state index contributed by atoms with van der Waals surface area (Å²) in [7, 11) is 0. The number of nitrogens with zero attached hydrogens (tertiary/aromatic N) is 2. The van der Waals surface area contributed by atoms with E-state index in [1.165, 1.54) is 18.2 Å². The summed E-state index contributed by atoms with van der Waals surface area (Å²) in [5.41, 5.74) is 0.983. The molecule has 0 fully saturated rings. The van der Waals surface area contributed by atoms with E-state index in [9.17, 15) is 9.18 Å². The predicted octanol–water partition coefficient (Wildman–Crippen LogP) is 4.66. The molecule has 5 nitrogen and oxygen atoms in total. The number of carbonyl (C=O) groups is 1. The van der Waals surface area contributed by atoms with Gasteiger partial charge in [0.1, 0.15) is 11.9 Å². The minimum absolute atomic E-state index is 0.00831. The number of rotatable bonds is 5. The Morgan fingerprint density at radius 3 is 2.58 bits per heavy atom. The highest BCUT2D eigenvalue weighted by Gasteiger charge is 2.25. The lowest BCUT2D eigenvalue weighted by Crippen LogP contribution is -2.32. The van der Waals surface area contributed by atoms with E-state index < -0.39 is 17.8 Å². The van der Waals surface area contributed by atoms with Crippen molar-refractivity contribution in [3.8, 4) is 11.4 Å². The number of aromatic nitrogens is 2. The van der Waals surface area contributed by atoms with Crippen molar-refractivity contribution < 1.29 is 13.7 Å². The maximum absolute atomic E-state index is 13.3. The third kappa shape index (κ3) is 4.08. The minimum Gasteiger partial charge on any atom is -0.340 e. The molecule has 0 saturated heterocycles. The molecule has 1 N–H and O–H groups in total. The fourth-order valence-electron chi connectivity index (χ4n) is 2.45. The Hall–Kier alpha value is -2.73. The fraction of sp³-hybridized carbons (Fsp3) is 0.211. The van der Waals surface area contributed by atoms with Crippen molar-refractivity contribution in [2.24, 2.45) is 5.92 Å². The Bertz CT molecular complexity index is 909. The van der Waals surface area contributed by atoms with Gasteiger partial charge in [0.05, 0.1) is 0 Å². The Morgan fingerprint density at radius 1 is 1.19 bits per heavy atom. The fourth-order valence-corrected chi connectivity index (χ4v) is 2.57. The molecule has 0 aliphatic rings. The predicted molar refractivity (Wildman–Crippen MR) is 96.2 cm³/mol.